The Morgan fingerprint density at radius 2 is 2.24 bits per heavy atom. The second-order valence-electron chi connectivity index (χ2n) is 3.74. The van der Waals surface area contributed by atoms with E-state index in [0.717, 1.165) is 11.6 Å². The number of methoxy groups -OCH3 is 1. The van der Waals surface area contributed by atoms with E-state index in [2.05, 4.69) is 15.3 Å². The topological polar surface area (TPSA) is 60.2 Å². The van der Waals surface area contributed by atoms with Crippen molar-refractivity contribution in [2.45, 2.75) is 19.9 Å². The van der Waals surface area contributed by atoms with E-state index < -0.39 is 0 Å². The number of hydrogen-bond acceptors (Lipinski definition) is 5. The Hall–Kier alpha value is -2.04. The molecule has 0 fully saturated rings. The second-order valence-corrected chi connectivity index (χ2v) is 3.74. The minimum atomic E-state index is -0.0386. The van der Waals surface area contributed by atoms with Gasteiger partial charge in [-0.1, -0.05) is 6.07 Å². The Labute approximate surface area is 99.8 Å². The van der Waals surface area contributed by atoms with Crippen LogP contribution in [0.3, 0.4) is 0 Å². The zero-order valence-corrected chi connectivity index (χ0v) is 10.1. The predicted molar refractivity (Wildman–Crippen MR) is 64.1 cm³/mol. The number of pyridine rings is 1. The van der Waals surface area contributed by atoms with Gasteiger partial charge in [0.05, 0.1) is 13.3 Å². The lowest BCUT2D eigenvalue weighted by molar-refractivity contribution is 0.398. The van der Waals surface area contributed by atoms with Crippen LogP contribution in [0.1, 0.15) is 24.6 Å². The van der Waals surface area contributed by atoms with E-state index in [1.54, 1.807) is 19.4 Å². The summed E-state index contributed by atoms with van der Waals surface area (Å²) in [7, 11) is 1.59. The van der Waals surface area contributed by atoms with Crippen molar-refractivity contribution in [3.05, 3.63) is 36.0 Å². The number of anilines is 1. The fraction of sp³-hybridized carbons (Fsp3) is 0.333. The van der Waals surface area contributed by atoms with Crippen LogP contribution in [0, 0.1) is 6.92 Å². The number of ether oxygens (including phenoxy) is 1. The molecule has 1 unspecified atom stereocenters. The molecular formula is C12H15N3O2. The first-order chi connectivity index (χ1) is 8.19. The molecule has 2 heterocycles. The van der Waals surface area contributed by atoms with Crippen molar-refractivity contribution < 1.29 is 9.15 Å². The minimum Gasteiger partial charge on any atom is -0.481 e. The number of rotatable bonds is 4. The molecule has 5 nitrogen and oxygen atoms in total. The van der Waals surface area contributed by atoms with Crippen LogP contribution in [0.2, 0.25) is 0 Å². The number of aromatic nitrogens is 2. The maximum atomic E-state index is 5.44. The number of nitrogens with zero attached hydrogens (tertiary/aromatic N) is 2. The van der Waals surface area contributed by atoms with Gasteiger partial charge in [0, 0.05) is 6.07 Å². The molecule has 2 rings (SSSR count). The van der Waals surface area contributed by atoms with Crippen molar-refractivity contribution in [2.75, 3.05) is 12.4 Å². The molecule has 2 aromatic heterocycles. The molecule has 0 aromatic carbocycles. The van der Waals surface area contributed by atoms with E-state index in [9.17, 15) is 0 Å². The Kier molecular flexibility index (Phi) is 3.27. The van der Waals surface area contributed by atoms with Crippen molar-refractivity contribution in [3.63, 3.8) is 0 Å². The van der Waals surface area contributed by atoms with E-state index in [1.165, 1.54) is 0 Å². The average Bonchev–Trinajstić information content (AvgIpc) is 2.76. The van der Waals surface area contributed by atoms with Crippen LogP contribution < -0.4 is 10.1 Å². The molecular weight excluding hydrogens is 218 g/mol. The van der Waals surface area contributed by atoms with Gasteiger partial charge < -0.3 is 14.5 Å². The third kappa shape index (κ3) is 2.75. The molecule has 0 saturated carbocycles. The summed E-state index contributed by atoms with van der Waals surface area (Å²) in [5, 5.41) is 3.20. The molecule has 0 spiro atoms. The van der Waals surface area contributed by atoms with Crippen LogP contribution >= 0.6 is 0 Å². The smallest absolute Gasteiger partial charge is 0.216 e. The van der Waals surface area contributed by atoms with Gasteiger partial charge in [-0.05, 0) is 19.9 Å². The van der Waals surface area contributed by atoms with Gasteiger partial charge in [-0.3, -0.25) is 0 Å². The predicted octanol–water partition coefficient (Wildman–Crippen LogP) is 2.56. The first kappa shape index (κ1) is 11.4. The molecule has 0 aliphatic heterocycles. The molecule has 2 aromatic rings. The summed E-state index contributed by atoms with van der Waals surface area (Å²) < 4.78 is 10.5. The summed E-state index contributed by atoms with van der Waals surface area (Å²) in [4.78, 5) is 8.43. The van der Waals surface area contributed by atoms with Gasteiger partial charge >= 0.3 is 0 Å². The molecule has 0 amide bonds. The van der Waals surface area contributed by atoms with Crippen molar-refractivity contribution >= 4 is 5.82 Å². The molecule has 0 aliphatic rings. The minimum absolute atomic E-state index is 0.0386. The van der Waals surface area contributed by atoms with Gasteiger partial charge in [-0.25, -0.2) is 4.98 Å². The maximum absolute atomic E-state index is 5.44. The molecule has 5 heteroatoms. The molecule has 90 valence electrons. The van der Waals surface area contributed by atoms with Gasteiger partial charge in [-0.15, -0.1) is 0 Å². The third-order valence-electron chi connectivity index (χ3n) is 2.31. The summed E-state index contributed by atoms with van der Waals surface area (Å²) in [5.41, 5.74) is 0. The molecule has 0 bridgehead atoms. The lowest BCUT2D eigenvalue weighted by Gasteiger charge is -2.11. The highest BCUT2D eigenvalue weighted by Crippen LogP contribution is 2.19. The highest BCUT2D eigenvalue weighted by molar-refractivity contribution is 5.38. The number of aryl methyl sites for hydroxylation is 1. The van der Waals surface area contributed by atoms with Gasteiger partial charge in [0.15, 0.2) is 0 Å². The normalized spacial score (nSPS) is 12.2. The Balaban J connectivity index is 2.09. The van der Waals surface area contributed by atoms with Crippen LogP contribution in [0.15, 0.2) is 28.8 Å². The van der Waals surface area contributed by atoms with Crippen LogP contribution in [-0.4, -0.2) is 17.1 Å². The summed E-state index contributed by atoms with van der Waals surface area (Å²) in [5.74, 6) is 2.75. The zero-order valence-electron chi connectivity index (χ0n) is 10.1. The van der Waals surface area contributed by atoms with Crippen LogP contribution in [0.4, 0.5) is 5.82 Å². The lowest BCUT2D eigenvalue weighted by atomic mass is 10.3. The molecule has 1 atom stereocenters. The van der Waals surface area contributed by atoms with Gasteiger partial charge in [0.25, 0.3) is 0 Å². The van der Waals surface area contributed by atoms with Crippen molar-refractivity contribution in [3.8, 4) is 5.88 Å². The van der Waals surface area contributed by atoms with Gasteiger partial charge in [-0.2, -0.15) is 4.98 Å². The summed E-state index contributed by atoms with van der Waals surface area (Å²) in [6.07, 6.45) is 1.70. The standard InChI is InChI=1S/C12H15N3O2/c1-8-7-13-12(17-8)9(2)14-10-5-4-6-11(15-10)16-3/h4-7,9H,1-3H3,(H,14,15). The van der Waals surface area contributed by atoms with Gasteiger partial charge in [0.2, 0.25) is 11.8 Å². The van der Waals surface area contributed by atoms with E-state index >= 15 is 0 Å². The number of hydrogen-bond donors (Lipinski definition) is 1. The highest BCUT2D eigenvalue weighted by atomic mass is 16.5. The zero-order chi connectivity index (χ0) is 12.3. The molecule has 1 N–H and O–H groups in total. The first-order valence-corrected chi connectivity index (χ1v) is 5.39. The Bertz CT molecular complexity index is 496. The molecule has 0 aliphatic carbocycles. The van der Waals surface area contributed by atoms with Crippen molar-refractivity contribution in [1.29, 1.82) is 0 Å². The van der Waals surface area contributed by atoms with Crippen LogP contribution in [-0.2, 0) is 0 Å². The van der Waals surface area contributed by atoms with E-state index in [-0.39, 0.29) is 6.04 Å². The van der Waals surface area contributed by atoms with Crippen molar-refractivity contribution in [1.82, 2.24) is 9.97 Å². The van der Waals surface area contributed by atoms with Gasteiger partial charge in [0.1, 0.15) is 17.6 Å². The van der Waals surface area contributed by atoms with E-state index in [0.29, 0.717) is 11.8 Å². The third-order valence-corrected chi connectivity index (χ3v) is 2.31. The first-order valence-electron chi connectivity index (χ1n) is 5.39. The Morgan fingerprint density at radius 1 is 1.41 bits per heavy atom. The summed E-state index contributed by atoms with van der Waals surface area (Å²) in [6, 6.07) is 5.50. The monoisotopic (exact) mass is 233 g/mol. The van der Waals surface area contributed by atoms with E-state index in [4.69, 9.17) is 9.15 Å². The maximum Gasteiger partial charge on any atom is 0.216 e. The fourth-order valence-corrected chi connectivity index (χ4v) is 1.46. The Morgan fingerprint density at radius 3 is 2.88 bits per heavy atom. The molecule has 0 saturated heterocycles. The van der Waals surface area contributed by atoms with Crippen LogP contribution in [0.25, 0.3) is 0 Å². The van der Waals surface area contributed by atoms with Crippen molar-refractivity contribution in [2.24, 2.45) is 0 Å². The number of oxazole rings is 1. The molecule has 17 heavy (non-hydrogen) atoms. The van der Waals surface area contributed by atoms with E-state index in [1.807, 2.05) is 26.0 Å². The largest absolute Gasteiger partial charge is 0.481 e. The lowest BCUT2D eigenvalue weighted by Crippen LogP contribution is -2.08. The van der Waals surface area contributed by atoms with Crippen LogP contribution in [0.5, 0.6) is 5.88 Å². The fourth-order valence-electron chi connectivity index (χ4n) is 1.46. The summed E-state index contributed by atoms with van der Waals surface area (Å²) in [6.45, 7) is 3.83. The molecule has 0 radical (unpaired) electrons. The second kappa shape index (κ2) is 4.86. The SMILES string of the molecule is COc1cccc(NC(C)c2ncc(C)o2)n1. The quantitative estimate of drug-likeness (QED) is 0.879. The summed E-state index contributed by atoms with van der Waals surface area (Å²) >= 11 is 0. The average molecular weight is 233 g/mol. The number of nitrogens with one attached hydrogen (secondary N) is 1. The highest BCUT2D eigenvalue weighted by Gasteiger charge is 2.11.